The zero-order chi connectivity index (χ0) is 14.5. The molecule has 20 heavy (non-hydrogen) atoms. The van der Waals surface area contributed by atoms with Crippen molar-refractivity contribution in [2.75, 3.05) is 19.0 Å². The number of ketones is 1. The Morgan fingerprint density at radius 1 is 1.00 bits per heavy atom. The molecule has 0 unspecified atom stereocenters. The molecule has 0 heterocycles. The zero-order valence-electron chi connectivity index (χ0n) is 11.5. The molecule has 0 saturated carbocycles. The highest BCUT2D eigenvalue weighted by molar-refractivity contribution is 6.06. The molecule has 0 amide bonds. The standard InChI is InChI=1S/C17H16FNO/c1-19(2)16-10-3-13(4-11-16)5-12-17(20)14-6-8-15(18)9-7-14/h3-12H,1-2H3/b12-5-. The number of allylic oxidation sites excluding steroid dienone is 1. The summed E-state index contributed by atoms with van der Waals surface area (Å²) in [7, 11) is 3.95. The van der Waals surface area contributed by atoms with Gasteiger partial charge in [-0.25, -0.2) is 4.39 Å². The van der Waals surface area contributed by atoms with E-state index in [1.54, 1.807) is 6.08 Å². The summed E-state index contributed by atoms with van der Waals surface area (Å²) in [4.78, 5) is 13.9. The van der Waals surface area contributed by atoms with E-state index in [0.29, 0.717) is 5.56 Å². The van der Waals surface area contributed by atoms with Crippen LogP contribution in [0.4, 0.5) is 10.1 Å². The number of halogens is 1. The average Bonchev–Trinajstić information content (AvgIpc) is 2.46. The van der Waals surface area contributed by atoms with E-state index in [1.165, 1.54) is 30.3 Å². The van der Waals surface area contributed by atoms with Crippen molar-refractivity contribution < 1.29 is 9.18 Å². The summed E-state index contributed by atoms with van der Waals surface area (Å²) in [5, 5.41) is 0. The third-order valence-electron chi connectivity index (χ3n) is 2.97. The molecule has 2 rings (SSSR count). The highest BCUT2D eigenvalue weighted by atomic mass is 19.1. The molecule has 0 aliphatic carbocycles. The smallest absolute Gasteiger partial charge is 0.185 e. The normalized spacial score (nSPS) is 10.8. The molecule has 0 spiro atoms. The van der Waals surface area contributed by atoms with Gasteiger partial charge in [0.25, 0.3) is 0 Å². The van der Waals surface area contributed by atoms with Gasteiger partial charge in [0.05, 0.1) is 0 Å². The van der Waals surface area contributed by atoms with Crippen LogP contribution in [0.25, 0.3) is 6.08 Å². The van der Waals surface area contributed by atoms with E-state index in [4.69, 9.17) is 0 Å². The van der Waals surface area contributed by atoms with Gasteiger partial charge in [0.2, 0.25) is 0 Å². The molecule has 0 atom stereocenters. The minimum Gasteiger partial charge on any atom is -0.378 e. The van der Waals surface area contributed by atoms with Crippen molar-refractivity contribution in [3.8, 4) is 0 Å². The second-order valence-electron chi connectivity index (χ2n) is 4.69. The lowest BCUT2D eigenvalue weighted by molar-refractivity contribution is 0.104. The Labute approximate surface area is 118 Å². The number of anilines is 1. The summed E-state index contributed by atoms with van der Waals surface area (Å²) in [6.45, 7) is 0. The van der Waals surface area contributed by atoms with Crippen molar-refractivity contribution >= 4 is 17.5 Å². The van der Waals surface area contributed by atoms with E-state index < -0.39 is 0 Å². The van der Waals surface area contributed by atoms with E-state index in [9.17, 15) is 9.18 Å². The molecule has 0 radical (unpaired) electrons. The van der Waals surface area contributed by atoms with Crippen LogP contribution < -0.4 is 4.90 Å². The molecule has 0 fully saturated rings. The number of hydrogen-bond acceptors (Lipinski definition) is 2. The molecule has 2 aromatic carbocycles. The summed E-state index contributed by atoms with van der Waals surface area (Å²) in [6.07, 6.45) is 3.25. The van der Waals surface area contributed by atoms with E-state index >= 15 is 0 Å². The van der Waals surface area contributed by atoms with Gasteiger partial charge in [-0.1, -0.05) is 18.2 Å². The van der Waals surface area contributed by atoms with Crippen LogP contribution in [0.2, 0.25) is 0 Å². The van der Waals surface area contributed by atoms with Gasteiger partial charge in [-0.15, -0.1) is 0 Å². The monoisotopic (exact) mass is 269 g/mol. The fourth-order valence-corrected chi connectivity index (χ4v) is 1.77. The minimum atomic E-state index is -0.343. The van der Waals surface area contributed by atoms with Crippen LogP contribution in [0.1, 0.15) is 15.9 Å². The molecular formula is C17H16FNO. The van der Waals surface area contributed by atoms with E-state index in [2.05, 4.69) is 0 Å². The van der Waals surface area contributed by atoms with Crippen LogP contribution in [0, 0.1) is 5.82 Å². The number of benzene rings is 2. The molecule has 0 aromatic heterocycles. The first-order valence-electron chi connectivity index (χ1n) is 6.31. The lowest BCUT2D eigenvalue weighted by Gasteiger charge is -2.11. The van der Waals surface area contributed by atoms with Crippen molar-refractivity contribution in [3.63, 3.8) is 0 Å². The molecule has 2 nitrogen and oxygen atoms in total. The van der Waals surface area contributed by atoms with Crippen molar-refractivity contribution in [2.45, 2.75) is 0 Å². The Kier molecular flexibility index (Phi) is 4.31. The first-order chi connectivity index (χ1) is 9.56. The van der Waals surface area contributed by atoms with Crippen LogP contribution in [-0.2, 0) is 0 Å². The maximum atomic E-state index is 12.8. The predicted octanol–water partition coefficient (Wildman–Crippen LogP) is 3.79. The van der Waals surface area contributed by atoms with E-state index in [1.807, 2.05) is 43.3 Å². The first-order valence-corrected chi connectivity index (χ1v) is 6.31. The summed E-state index contributed by atoms with van der Waals surface area (Å²) in [5.41, 5.74) is 2.53. The number of carbonyl (C=O) groups is 1. The molecule has 0 aliphatic rings. The second kappa shape index (κ2) is 6.15. The number of carbonyl (C=O) groups excluding carboxylic acids is 1. The molecule has 0 N–H and O–H groups in total. The van der Waals surface area contributed by atoms with E-state index in [-0.39, 0.29) is 11.6 Å². The highest BCUT2D eigenvalue weighted by Gasteiger charge is 2.01. The molecule has 0 saturated heterocycles. The van der Waals surface area contributed by atoms with Crippen LogP contribution in [0.5, 0.6) is 0 Å². The fraction of sp³-hybridized carbons (Fsp3) is 0.118. The summed E-state index contributed by atoms with van der Waals surface area (Å²) < 4.78 is 12.8. The molecule has 3 heteroatoms. The number of nitrogens with zero attached hydrogens (tertiary/aromatic N) is 1. The Morgan fingerprint density at radius 3 is 2.15 bits per heavy atom. The van der Waals surface area contributed by atoms with Crippen molar-refractivity contribution in [1.82, 2.24) is 0 Å². The van der Waals surface area contributed by atoms with Gasteiger partial charge in [0, 0.05) is 25.3 Å². The summed E-state index contributed by atoms with van der Waals surface area (Å²) >= 11 is 0. The van der Waals surface area contributed by atoms with Gasteiger partial charge in [-0.05, 0) is 48.0 Å². The fourth-order valence-electron chi connectivity index (χ4n) is 1.77. The van der Waals surface area contributed by atoms with Crippen LogP contribution in [-0.4, -0.2) is 19.9 Å². The zero-order valence-corrected chi connectivity index (χ0v) is 11.5. The summed E-state index contributed by atoms with van der Waals surface area (Å²) in [6, 6.07) is 13.4. The first kappa shape index (κ1) is 14.0. The summed E-state index contributed by atoms with van der Waals surface area (Å²) in [5.74, 6) is -0.480. The topological polar surface area (TPSA) is 20.3 Å². The van der Waals surface area contributed by atoms with Gasteiger partial charge in [-0.2, -0.15) is 0 Å². The van der Waals surface area contributed by atoms with E-state index in [0.717, 1.165) is 11.3 Å². The van der Waals surface area contributed by atoms with Gasteiger partial charge in [-0.3, -0.25) is 4.79 Å². The highest BCUT2D eigenvalue weighted by Crippen LogP contribution is 2.13. The Balaban J connectivity index is 2.08. The molecule has 0 bridgehead atoms. The quantitative estimate of drug-likeness (QED) is 0.621. The van der Waals surface area contributed by atoms with Crippen molar-refractivity contribution in [3.05, 3.63) is 71.6 Å². The van der Waals surface area contributed by atoms with Gasteiger partial charge in [0.15, 0.2) is 5.78 Å². The Bertz CT molecular complexity index is 612. The average molecular weight is 269 g/mol. The van der Waals surface area contributed by atoms with Gasteiger partial charge >= 0.3 is 0 Å². The van der Waals surface area contributed by atoms with Crippen molar-refractivity contribution in [2.24, 2.45) is 0 Å². The largest absolute Gasteiger partial charge is 0.378 e. The molecule has 2 aromatic rings. The number of rotatable bonds is 4. The van der Waals surface area contributed by atoms with Crippen LogP contribution >= 0.6 is 0 Å². The SMILES string of the molecule is CN(C)c1ccc(/C=C\C(=O)c2ccc(F)cc2)cc1. The Hall–Kier alpha value is -2.42. The van der Waals surface area contributed by atoms with Crippen LogP contribution in [0.3, 0.4) is 0 Å². The van der Waals surface area contributed by atoms with Crippen LogP contribution in [0.15, 0.2) is 54.6 Å². The van der Waals surface area contributed by atoms with Gasteiger partial charge in [0.1, 0.15) is 5.82 Å². The molecule has 102 valence electrons. The lowest BCUT2D eigenvalue weighted by atomic mass is 10.1. The maximum absolute atomic E-state index is 12.8. The van der Waals surface area contributed by atoms with Crippen molar-refractivity contribution in [1.29, 1.82) is 0 Å². The maximum Gasteiger partial charge on any atom is 0.185 e. The lowest BCUT2D eigenvalue weighted by Crippen LogP contribution is -2.07. The third kappa shape index (κ3) is 3.54. The third-order valence-corrected chi connectivity index (χ3v) is 2.97. The molecule has 0 aliphatic heterocycles. The second-order valence-corrected chi connectivity index (χ2v) is 4.69. The number of hydrogen-bond donors (Lipinski definition) is 0. The minimum absolute atomic E-state index is 0.137. The van der Waals surface area contributed by atoms with Gasteiger partial charge < -0.3 is 4.90 Å². The Morgan fingerprint density at radius 2 is 1.60 bits per heavy atom. The predicted molar refractivity (Wildman–Crippen MR) is 80.5 cm³/mol. The molecular weight excluding hydrogens is 253 g/mol.